The minimum absolute atomic E-state index is 0.0626. The first-order chi connectivity index (χ1) is 12.7. The number of carbonyl (C=O) groups excluding carboxylic acids is 1. The molecule has 0 atom stereocenters. The molecule has 0 aliphatic carbocycles. The summed E-state index contributed by atoms with van der Waals surface area (Å²) in [6.07, 6.45) is 3.20. The molecule has 0 unspecified atom stereocenters. The van der Waals surface area contributed by atoms with Crippen molar-refractivity contribution in [3.63, 3.8) is 0 Å². The second-order valence-corrected chi connectivity index (χ2v) is 7.27. The topological polar surface area (TPSA) is 58.1 Å². The number of nitrogens with zero attached hydrogens (tertiary/aromatic N) is 3. The number of amides is 1. The maximum atomic E-state index is 13.3. The van der Waals surface area contributed by atoms with Crippen molar-refractivity contribution >= 4 is 33.3 Å². The van der Waals surface area contributed by atoms with Crippen molar-refractivity contribution in [2.24, 2.45) is 5.92 Å². The van der Waals surface area contributed by atoms with Gasteiger partial charge in [-0.2, -0.15) is 0 Å². The standard InChI is InChI=1S/C19H19FN4OS/c1-21-18(25)13-6-8-24(9-7-13)17-16-15(10-26-19(16)23-11-22-17)12-2-4-14(20)5-3-12/h2-5,10-11,13H,6-9H2,1H3,(H,21,25). The first kappa shape index (κ1) is 16.9. The number of nitrogens with one attached hydrogen (secondary N) is 1. The van der Waals surface area contributed by atoms with E-state index in [1.54, 1.807) is 36.8 Å². The molecule has 1 aromatic carbocycles. The molecular formula is C19H19FN4OS. The molecule has 2 aromatic heterocycles. The lowest BCUT2D eigenvalue weighted by molar-refractivity contribution is -0.125. The third-order valence-electron chi connectivity index (χ3n) is 4.92. The average molecular weight is 370 g/mol. The van der Waals surface area contributed by atoms with E-state index in [0.717, 1.165) is 53.1 Å². The molecule has 26 heavy (non-hydrogen) atoms. The van der Waals surface area contributed by atoms with E-state index < -0.39 is 0 Å². The number of fused-ring (bicyclic) bond motifs is 1. The molecule has 1 N–H and O–H groups in total. The molecule has 0 radical (unpaired) electrons. The molecule has 0 saturated carbocycles. The highest BCUT2D eigenvalue weighted by Crippen LogP contribution is 2.38. The number of hydrogen-bond acceptors (Lipinski definition) is 5. The van der Waals surface area contributed by atoms with Crippen LogP contribution in [0.4, 0.5) is 10.2 Å². The first-order valence-electron chi connectivity index (χ1n) is 8.62. The van der Waals surface area contributed by atoms with Gasteiger partial charge in [-0.1, -0.05) is 12.1 Å². The predicted octanol–water partition coefficient (Wildman–Crippen LogP) is 3.46. The summed E-state index contributed by atoms with van der Waals surface area (Å²) in [5.41, 5.74) is 1.97. The smallest absolute Gasteiger partial charge is 0.222 e. The van der Waals surface area contributed by atoms with E-state index >= 15 is 0 Å². The van der Waals surface area contributed by atoms with Gasteiger partial charge in [0.1, 0.15) is 22.8 Å². The SMILES string of the molecule is CNC(=O)C1CCN(c2ncnc3scc(-c4ccc(F)cc4)c23)CC1. The molecule has 1 fully saturated rings. The summed E-state index contributed by atoms with van der Waals surface area (Å²) in [5, 5.41) is 5.79. The Balaban J connectivity index is 1.69. The molecule has 1 saturated heterocycles. The normalized spacial score (nSPS) is 15.4. The molecule has 1 amide bonds. The number of halogens is 1. The van der Waals surface area contributed by atoms with Crippen LogP contribution < -0.4 is 10.2 Å². The Bertz CT molecular complexity index is 932. The van der Waals surface area contributed by atoms with Gasteiger partial charge in [0, 0.05) is 37.0 Å². The summed E-state index contributed by atoms with van der Waals surface area (Å²) in [7, 11) is 1.68. The summed E-state index contributed by atoms with van der Waals surface area (Å²) >= 11 is 1.56. The lowest BCUT2D eigenvalue weighted by atomic mass is 9.95. The van der Waals surface area contributed by atoms with Gasteiger partial charge in [0.25, 0.3) is 0 Å². The van der Waals surface area contributed by atoms with Crippen LogP contribution in [0, 0.1) is 11.7 Å². The Hall–Kier alpha value is -2.54. The van der Waals surface area contributed by atoms with Gasteiger partial charge in [-0.15, -0.1) is 11.3 Å². The summed E-state index contributed by atoms with van der Waals surface area (Å²) in [5.74, 6) is 0.819. The van der Waals surface area contributed by atoms with Crippen molar-refractivity contribution in [2.45, 2.75) is 12.8 Å². The van der Waals surface area contributed by atoms with Gasteiger partial charge in [0.05, 0.1) is 5.39 Å². The third-order valence-corrected chi connectivity index (χ3v) is 5.80. The van der Waals surface area contributed by atoms with Gasteiger partial charge >= 0.3 is 0 Å². The highest BCUT2D eigenvalue weighted by atomic mass is 32.1. The fourth-order valence-electron chi connectivity index (χ4n) is 3.50. The number of carbonyl (C=O) groups is 1. The fourth-order valence-corrected chi connectivity index (χ4v) is 4.41. The van der Waals surface area contributed by atoms with E-state index in [-0.39, 0.29) is 17.6 Å². The molecule has 3 aromatic rings. The number of aromatic nitrogens is 2. The molecule has 0 spiro atoms. The zero-order valence-corrected chi connectivity index (χ0v) is 15.2. The van der Waals surface area contributed by atoms with Crippen LogP contribution in [-0.2, 0) is 4.79 Å². The Labute approximate surface area is 154 Å². The van der Waals surface area contributed by atoms with E-state index in [1.807, 2.05) is 5.38 Å². The summed E-state index contributed by atoms with van der Waals surface area (Å²) in [4.78, 5) is 24.0. The summed E-state index contributed by atoms with van der Waals surface area (Å²) in [6.45, 7) is 1.56. The third kappa shape index (κ3) is 3.03. The number of benzene rings is 1. The Morgan fingerprint density at radius 3 is 2.65 bits per heavy atom. The monoisotopic (exact) mass is 370 g/mol. The number of hydrogen-bond donors (Lipinski definition) is 1. The number of anilines is 1. The van der Waals surface area contributed by atoms with E-state index in [4.69, 9.17) is 0 Å². The predicted molar refractivity (Wildman–Crippen MR) is 102 cm³/mol. The highest BCUT2D eigenvalue weighted by molar-refractivity contribution is 7.17. The van der Waals surface area contributed by atoms with Crippen molar-refractivity contribution in [3.8, 4) is 11.1 Å². The van der Waals surface area contributed by atoms with Crippen molar-refractivity contribution in [3.05, 3.63) is 41.8 Å². The molecule has 0 bridgehead atoms. The van der Waals surface area contributed by atoms with Crippen LogP contribution in [0.5, 0.6) is 0 Å². The lowest BCUT2D eigenvalue weighted by Gasteiger charge is -2.32. The maximum absolute atomic E-state index is 13.3. The molecule has 1 aliphatic rings. The molecular weight excluding hydrogens is 351 g/mol. The van der Waals surface area contributed by atoms with Crippen LogP contribution in [0.2, 0.25) is 0 Å². The van der Waals surface area contributed by atoms with Crippen LogP contribution in [0.15, 0.2) is 36.0 Å². The molecule has 3 heterocycles. The van der Waals surface area contributed by atoms with Crippen LogP contribution in [0.1, 0.15) is 12.8 Å². The summed E-state index contributed by atoms with van der Waals surface area (Å²) < 4.78 is 13.3. The Morgan fingerprint density at radius 2 is 1.96 bits per heavy atom. The zero-order chi connectivity index (χ0) is 18.1. The quantitative estimate of drug-likeness (QED) is 0.767. The van der Waals surface area contributed by atoms with Gasteiger partial charge in [-0.25, -0.2) is 14.4 Å². The first-order valence-corrected chi connectivity index (χ1v) is 9.50. The van der Waals surface area contributed by atoms with Gasteiger partial charge < -0.3 is 10.2 Å². The highest BCUT2D eigenvalue weighted by Gasteiger charge is 2.26. The minimum atomic E-state index is -0.249. The van der Waals surface area contributed by atoms with E-state index in [0.29, 0.717) is 0 Å². The van der Waals surface area contributed by atoms with Crippen LogP contribution >= 0.6 is 11.3 Å². The Kier molecular flexibility index (Phi) is 4.55. The second kappa shape index (κ2) is 6.99. The van der Waals surface area contributed by atoms with E-state index in [2.05, 4.69) is 20.2 Å². The summed E-state index contributed by atoms with van der Waals surface area (Å²) in [6, 6.07) is 6.51. The van der Waals surface area contributed by atoms with Gasteiger partial charge in [0.15, 0.2) is 0 Å². The van der Waals surface area contributed by atoms with Gasteiger partial charge in [-0.05, 0) is 30.5 Å². The van der Waals surface area contributed by atoms with Crippen LogP contribution in [0.3, 0.4) is 0 Å². The number of thiophene rings is 1. The molecule has 134 valence electrons. The van der Waals surface area contributed by atoms with Crippen molar-refractivity contribution in [1.29, 1.82) is 0 Å². The van der Waals surface area contributed by atoms with Gasteiger partial charge in [-0.3, -0.25) is 4.79 Å². The minimum Gasteiger partial charge on any atom is -0.359 e. The molecule has 5 nitrogen and oxygen atoms in total. The Morgan fingerprint density at radius 1 is 1.23 bits per heavy atom. The average Bonchev–Trinajstić information content (AvgIpc) is 3.12. The molecule has 7 heteroatoms. The largest absolute Gasteiger partial charge is 0.359 e. The van der Waals surface area contributed by atoms with E-state index in [1.165, 1.54) is 12.1 Å². The maximum Gasteiger partial charge on any atom is 0.222 e. The lowest BCUT2D eigenvalue weighted by Crippen LogP contribution is -2.40. The number of piperidine rings is 1. The fraction of sp³-hybridized carbons (Fsp3) is 0.316. The van der Waals surface area contributed by atoms with Crippen LogP contribution in [-0.4, -0.2) is 36.0 Å². The molecule has 4 rings (SSSR count). The second-order valence-electron chi connectivity index (χ2n) is 6.41. The van der Waals surface area contributed by atoms with Gasteiger partial charge in [0.2, 0.25) is 5.91 Å². The van der Waals surface area contributed by atoms with E-state index in [9.17, 15) is 9.18 Å². The van der Waals surface area contributed by atoms with Crippen molar-refractivity contribution < 1.29 is 9.18 Å². The molecule has 1 aliphatic heterocycles. The number of rotatable bonds is 3. The zero-order valence-electron chi connectivity index (χ0n) is 14.4. The van der Waals surface area contributed by atoms with Crippen molar-refractivity contribution in [1.82, 2.24) is 15.3 Å². The van der Waals surface area contributed by atoms with Crippen LogP contribution in [0.25, 0.3) is 21.3 Å². The van der Waals surface area contributed by atoms with Crippen molar-refractivity contribution in [2.75, 3.05) is 25.0 Å².